The molecule has 0 saturated heterocycles. The zero-order valence-corrected chi connectivity index (χ0v) is 22.7. The van der Waals surface area contributed by atoms with Crippen LogP contribution in [0.25, 0.3) is 16.9 Å². The minimum Gasteiger partial charge on any atom is -0.489 e. The fourth-order valence-electron chi connectivity index (χ4n) is 3.95. The predicted molar refractivity (Wildman–Crippen MR) is 159 cm³/mol. The normalized spacial score (nSPS) is 10.9. The van der Waals surface area contributed by atoms with E-state index in [9.17, 15) is 9.59 Å². The fourth-order valence-corrected chi connectivity index (χ4v) is 4.07. The molecule has 5 rings (SSSR count). The fraction of sp³-hybridized carbons (Fsp3) is 0.0625. The summed E-state index contributed by atoms with van der Waals surface area (Å²) in [5.74, 6) is -0.118. The summed E-state index contributed by atoms with van der Waals surface area (Å²) in [6.07, 6.45) is 3.36. The zero-order chi connectivity index (χ0) is 28.4. The quantitative estimate of drug-likeness (QED) is 0.169. The molecule has 204 valence electrons. The van der Waals surface area contributed by atoms with Crippen LogP contribution in [0.5, 0.6) is 5.75 Å². The van der Waals surface area contributed by atoms with Gasteiger partial charge in [-0.2, -0.15) is 10.2 Å². The Kier molecular flexibility index (Phi) is 8.83. The van der Waals surface area contributed by atoms with Gasteiger partial charge in [-0.3, -0.25) is 9.59 Å². The summed E-state index contributed by atoms with van der Waals surface area (Å²) in [7, 11) is 0. The molecule has 1 heterocycles. The van der Waals surface area contributed by atoms with Crippen molar-refractivity contribution in [2.45, 2.75) is 6.61 Å². The van der Waals surface area contributed by atoms with Gasteiger partial charge < -0.3 is 10.1 Å². The summed E-state index contributed by atoms with van der Waals surface area (Å²) >= 11 is 5.86. The Balaban J connectivity index is 1.27. The summed E-state index contributed by atoms with van der Waals surface area (Å²) < 4.78 is 7.67. The van der Waals surface area contributed by atoms with Crippen molar-refractivity contribution in [3.05, 3.63) is 137 Å². The van der Waals surface area contributed by atoms with E-state index in [1.54, 1.807) is 28.9 Å². The highest BCUT2D eigenvalue weighted by atomic mass is 35.5. The summed E-state index contributed by atoms with van der Waals surface area (Å²) in [6.45, 7) is 0.236. The number of ether oxygens (including phenoxy) is 1. The van der Waals surface area contributed by atoms with Crippen LogP contribution in [0.2, 0.25) is 5.02 Å². The number of hydrogen-bond donors (Lipinski definition) is 2. The van der Waals surface area contributed by atoms with Gasteiger partial charge in [-0.15, -0.1) is 0 Å². The van der Waals surface area contributed by atoms with Crippen molar-refractivity contribution in [3.8, 4) is 22.7 Å². The Morgan fingerprint density at radius 2 is 1.56 bits per heavy atom. The van der Waals surface area contributed by atoms with Gasteiger partial charge in [-0.1, -0.05) is 60.1 Å². The van der Waals surface area contributed by atoms with Crippen molar-refractivity contribution in [2.75, 3.05) is 6.54 Å². The Morgan fingerprint density at radius 1 is 0.878 bits per heavy atom. The van der Waals surface area contributed by atoms with Crippen LogP contribution < -0.4 is 15.5 Å². The Labute approximate surface area is 242 Å². The van der Waals surface area contributed by atoms with Crippen LogP contribution in [-0.4, -0.2) is 34.4 Å². The molecule has 0 unspecified atom stereocenters. The highest BCUT2D eigenvalue weighted by molar-refractivity contribution is 6.30. The van der Waals surface area contributed by atoms with Gasteiger partial charge >= 0.3 is 0 Å². The Bertz CT molecular complexity index is 1640. The predicted octanol–water partition coefficient (Wildman–Crippen LogP) is 5.65. The third-order valence-electron chi connectivity index (χ3n) is 6.05. The maximum absolute atomic E-state index is 12.3. The Morgan fingerprint density at radius 3 is 2.27 bits per heavy atom. The molecule has 8 nitrogen and oxygen atoms in total. The highest BCUT2D eigenvalue weighted by Crippen LogP contribution is 2.25. The molecule has 9 heteroatoms. The number of nitrogens with one attached hydrogen (secondary N) is 2. The lowest BCUT2D eigenvalue weighted by atomic mass is 10.1. The minimum atomic E-state index is -0.472. The lowest BCUT2D eigenvalue weighted by Gasteiger charge is -2.07. The van der Waals surface area contributed by atoms with Gasteiger partial charge in [-0.25, -0.2) is 10.1 Å². The third kappa shape index (κ3) is 7.46. The monoisotopic (exact) mass is 563 g/mol. The van der Waals surface area contributed by atoms with Crippen molar-refractivity contribution in [3.63, 3.8) is 0 Å². The molecule has 0 aliphatic carbocycles. The van der Waals surface area contributed by atoms with E-state index in [-0.39, 0.29) is 12.5 Å². The number of carbonyl (C=O) groups excluding carboxylic acids is 2. The van der Waals surface area contributed by atoms with Gasteiger partial charge in [0.05, 0.1) is 18.4 Å². The van der Waals surface area contributed by atoms with Crippen LogP contribution in [0.15, 0.2) is 120 Å². The molecule has 0 atom stereocenters. The topological polar surface area (TPSA) is 97.6 Å². The maximum Gasteiger partial charge on any atom is 0.259 e. The van der Waals surface area contributed by atoms with E-state index in [2.05, 4.69) is 15.8 Å². The second-order valence-electron chi connectivity index (χ2n) is 8.99. The number of hydrogen-bond acceptors (Lipinski definition) is 5. The first-order chi connectivity index (χ1) is 20.0. The molecule has 0 fully saturated rings. The van der Waals surface area contributed by atoms with E-state index in [1.807, 2.05) is 91.1 Å². The van der Waals surface area contributed by atoms with Gasteiger partial charge in [0, 0.05) is 27.9 Å². The van der Waals surface area contributed by atoms with Crippen LogP contribution in [0, 0.1) is 0 Å². The molecule has 0 aliphatic rings. The number of aromatic nitrogens is 2. The lowest BCUT2D eigenvalue weighted by Crippen LogP contribution is -2.34. The number of halogens is 1. The summed E-state index contributed by atoms with van der Waals surface area (Å²) in [4.78, 5) is 24.6. The second kappa shape index (κ2) is 13.2. The van der Waals surface area contributed by atoms with Gasteiger partial charge in [-0.05, 0) is 66.2 Å². The number of nitrogens with zero attached hydrogens (tertiary/aromatic N) is 3. The number of amides is 2. The zero-order valence-electron chi connectivity index (χ0n) is 21.9. The average molecular weight is 564 g/mol. The first-order valence-electron chi connectivity index (χ1n) is 12.8. The van der Waals surface area contributed by atoms with Crippen molar-refractivity contribution in [2.24, 2.45) is 5.10 Å². The molecular formula is C32H26ClN5O3. The molecule has 0 radical (unpaired) electrons. The van der Waals surface area contributed by atoms with E-state index < -0.39 is 5.91 Å². The highest BCUT2D eigenvalue weighted by Gasteiger charge is 2.12. The van der Waals surface area contributed by atoms with Gasteiger partial charge in [0.25, 0.3) is 11.8 Å². The van der Waals surface area contributed by atoms with Crippen molar-refractivity contribution >= 4 is 29.6 Å². The molecule has 0 spiro atoms. The third-order valence-corrected chi connectivity index (χ3v) is 6.30. The summed E-state index contributed by atoms with van der Waals surface area (Å²) in [5, 5.41) is 12.0. The number of rotatable bonds is 10. The van der Waals surface area contributed by atoms with Crippen molar-refractivity contribution in [1.29, 1.82) is 0 Å². The molecule has 2 N–H and O–H groups in total. The van der Waals surface area contributed by atoms with Crippen molar-refractivity contribution < 1.29 is 14.3 Å². The minimum absolute atomic E-state index is 0.237. The smallest absolute Gasteiger partial charge is 0.259 e. The summed E-state index contributed by atoms with van der Waals surface area (Å²) in [6, 6.07) is 33.7. The second-order valence-corrected chi connectivity index (χ2v) is 9.43. The van der Waals surface area contributed by atoms with Crippen LogP contribution in [0.4, 0.5) is 0 Å². The molecule has 41 heavy (non-hydrogen) atoms. The van der Waals surface area contributed by atoms with Crippen LogP contribution in [0.1, 0.15) is 21.5 Å². The molecule has 1 aromatic heterocycles. The van der Waals surface area contributed by atoms with E-state index in [0.717, 1.165) is 22.6 Å². The largest absolute Gasteiger partial charge is 0.489 e. The molecule has 2 amide bonds. The van der Waals surface area contributed by atoms with E-state index in [1.165, 1.54) is 6.21 Å². The average Bonchev–Trinajstić information content (AvgIpc) is 3.44. The molecule has 4 aromatic carbocycles. The van der Waals surface area contributed by atoms with Gasteiger partial charge in [0.2, 0.25) is 0 Å². The first-order valence-corrected chi connectivity index (χ1v) is 13.2. The number of para-hydroxylation sites is 1. The first kappa shape index (κ1) is 27.4. The molecule has 0 aliphatic heterocycles. The maximum atomic E-state index is 12.3. The van der Waals surface area contributed by atoms with Gasteiger partial charge in [0.15, 0.2) is 0 Å². The molecular weight excluding hydrogens is 538 g/mol. The SMILES string of the molecule is O=C(CNC(=O)c1ccc(Cl)cc1)NN=Cc1cn(-c2ccccc2)nc1-c1ccc(OCc2ccccc2)cc1. The van der Waals surface area contributed by atoms with Crippen LogP contribution in [-0.2, 0) is 11.4 Å². The Hall–Kier alpha value is -5.21. The molecule has 0 saturated carbocycles. The van der Waals surface area contributed by atoms with Crippen molar-refractivity contribution in [1.82, 2.24) is 20.5 Å². The van der Waals surface area contributed by atoms with Crippen LogP contribution >= 0.6 is 11.6 Å². The molecule has 0 bridgehead atoms. The standard InChI is InChI=1S/C32H26ClN5O3/c33-27-15-11-25(12-16-27)32(40)34-20-30(39)36-35-19-26-21-38(28-9-5-2-6-10-28)37-31(26)24-13-17-29(18-14-24)41-22-23-7-3-1-4-8-23/h1-19,21H,20,22H2,(H,34,40)(H,36,39). The van der Waals surface area contributed by atoms with Gasteiger partial charge in [0.1, 0.15) is 18.1 Å². The lowest BCUT2D eigenvalue weighted by molar-refractivity contribution is -0.120. The van der Waals surface area contributed by atoms with E-state index >= 15 is 0 Å². The number of benzene rings is 4. The summed E-state index contributed by atoms with van der Waals surface area (Å²) in [5.41, 5.74) is 7.05. The van der Waals surface area contributed by atoms with E-state index in [4.69, 9.17) is 21.4 Å². The van der Waals surface area contributed by atoms with E-state index in [0.29, 0.717) is 28.5 Å². The molecule has 5 aromatic rings. The van der Waals surface area contributed by atoms with Crippen LogP contribution in [0.3, 0.4) is 0 Å². The number of hydrazone groups is 1. The number of carbonyl (C=O) groups is 2.